The highest BCUT2D eigenvalue weighted by molar-refractivity contribution is 6.29. The molecule has 0 amide bonds. The standard InChI is InChI=1S/C44H32N2/c1-43(2)35-19-25(29-7-5-17-45-23-29)9-13-31(35)41-33-15-12-28-22-38-42(34-16-11-27(21-37(41)43)39(33)40(28)34)32-14-10-26(20-36(32)44(38,3)4)30-8-6-18-46-24-30/h5-24H,1-4H3. The van der Waals surface area contributed by atoms with Gasteiger partial charge >= 0.3 is 0 Å². The van der Waals surface area contributed by atoms with Crippen LogP contribution in [0.4, 0.5) is 0 Å². The lowest BCUT2D eigenvalue weighted by molar-refractivity contribution is 0.661. The summed E-state index contributed by atoms with van der Waals surface area (Å²) in [6.07, 6.45) is 7.60. The van der Waals surface area contributed by atoms with Crippen molar-refractivity contribution in [2.24, 2.45) is 0 Å². The Bertz CT molecular complexity index is 2380. The molecule has 0 atom stereocenters. The molecule has 2 aromatic heterocycles. The molecule has 2 heterocycles. The first-order valence-electron chi connectivity index (χ1n) is 16.2. The van der Waals surface area contributed by atoms with E-state index in [-0.39, 0.29) is 10.8 Å². The Hall–Kier alpha value is -5.34. The van der Waals surface area contributed by atoms with E-state index in [0.717, 1.165) is 11.1 Å². The molecule has 2 heteroatoms. The molecule has 2 aliphatic carbocycles. The Kier molecular flexibility index (Phi) is 4.89. The molecule has 8 aromatic rings. The van der Waals surface area contributed by atoms with E-state index in [2.05, 4.69) is 123 Å². The molecule has 0 fully saturated rings. The summed E-state index contributed by atoms with van der Waals surface area (Å²) in [6, 6.07) is 36.8. The normalized spacial score (nSPS) is 15.3. The molecular formula is C44H32N2. The van der Waals surface area contributed by atoms with Gasteiger partial charge in [-0.1, -0.05) is 88.4 Å². The van der Waals surface area contributed by atoms with E-state index < -0.39 is 0 Å². The van der Waals surface area contributed by atoms with Gasteiger partial charge in [-0.25, -0.2) is 0 Å². The number of nitrogens with zero attached hydrogens (tertiary/aromatic N) is 2. The average Bonchev–Trinajstić information content (AvgIpc) is 3.46. The van der Waals surface area contributed by atoms with Gasteiger partial charge in [0, 0.05) is 35.6 Å². The molecule has 0 spiro atoms. The van der Waals surface area contributed by atoms with Crippen LogP contribution >= 0.6 is 0 Å². The van der Waals surface area contributed by atoms with Crippen molar-refractivity contribution in [3.05, 3.63) is 144 Å². The summed E-state index contributed by atoms with van der Waals surface area (Å²) >= 11 is 0. The first-order chi connectivity index (χ1) is 22.3. The molecule has 46 heavy (non-hydrogen) atoms. The van der Waals surface area contributed by atoms with Gasteiger partial charge in [0.1, 0.15) is 0 Å². The smallest absolute Gasteiger partial charge is 0.0346 e. The fourth-order valence-electron chi connectivity index (χ4n) is 8.79. The highest BCUT2D eigenvalue weighted by atomic mass is 14.6. The number of benzene rings is 6. The summed E-state index contributed by atoms with van der Waals surface area (Å²) in [4.78, 5) is 8.77. The molecular weight excluding hydrogens is 556 g/mol. The Morgan fingerprint density at radius 1 is 0.435 bits per heavy atom. The van der Waals surface area contributed by atoms with Crippen LogP contribution in [0.5, 0.6) is 0 Å². The average molecular weight is 589 g/mol. The third-order valence-electron chi connectivity index (χ3n) is 11.2. The zero-order valence-corrected chi connectivity index (χ0v) is 26.4. The van der Waals surface area contributed by atoms with Crippen LogP contribution in [0.3, 0.4) is 0 Å². The van der Waals surface area contributed by atoms with Gasteiger partial charge in [0.2, 0.25) is 0 Å². The number of aromatic nitrogens is 2. The molecule has 218 valence electrons. The molecule has 0 bridgehead atoms. The Morgan fingerprint density at radius 3 is 1.30 bits per heavy atom. The second-order valence-corrected chi connectivity index (χ2v) is 14.3. The third kappa shape index (κ3) is 3.21. The molecule has 0 aliphatic heterocycles. The van der Waals surface area contributed by atoms with E-state index in [0.29, 0.717) is 0 Å². The van der Waals surface area contributed by atoms with Crippen molar-refractivity contribution in [2.75, 3.05) is 0 Å². The highest BCUT2D eigenvalue weighted by Gasteiger charge is 2.40. The molecule has 10 rings (SSSR count). The van der Waals surface area contributed by atoms with Gasteiger partial charge in [-0.15, -0.1) is 0 Å². The van der Waals surface area contributed by atoms with E-state index >= 15 is 0 Å². The topological polar surface area (TPSA) is 25.8 Å². The zero-order chi connectivity index (χ0) is 30.9. The van der Waals surface area contributed by atoms with Gasteiger partial charge in [-0.05, 0) is 135 Å². The first kappa shape index (κ1) is 25.9. The van der Waals surface area contributed by atoms with Gasteiger partial charge in [0.05, 0.1) is 0 Å². The van der Waals surface area contributed by atoms with Crippen LogP contribution < -0.4 is 0 Å². The van der Waals surface area contributed by atoms with Crippen molar-refractivity contribution in [3.8, 4) is 44.5 Å². The van der Waals surface area contributed by atoms with Crippen LogP contribution in [-0.4, -0.2) is 9.97 Å². The second kappa shape index (κ2) is 8.68. The van der Waals surface area contributed by atoms with Crippen LogP contribution in [0, 0.1) is 0 Å². The number of hydrogen-bond acceptors (Lipinski definition) is 2. The van der Waals surface area contributed by atoms with Crippen molar-refractivity contribution >= 4 is 32.3 Å². The maximum atomic E-state index is 4.38. The third-order valence-corrected chi connectivity index (χ3v) is 11.2. The number of pyridine rings is 2. The van der Waals surface area contributed by atoms with Gasteiger partial charge < -0.3 is 0 Å². The number of rotatable bonds is 2. The van der Waals surface area contributed by atoms with Crippen LogP contribution in [0.1, 0.15) is 49.9 Å². The Labute approximate surface area is 268 Å². The zero-order valence-electron chi connectivity index (χ0n) is 26.4. The van der Waals surface area contributed by atoms with Crippen molar-refractivity contribution in [1.82, 2.24) is 9.97 Å². The van der Waals surface area contributed by atoms with Crippen molar-refractivity contribution < 1.29 is 0 Å². The minimum Gasteiger partial charge on any atom is -0.264 e. The van der Waals surface area contributed by atoms with Gasteiger partial charge in [0.15, 0.2) is 0 Å². The lowest BCUT2D eigenvalue weighted by atomic mass is 9.79. The molecule has 0 N–H and O–H groups in total. The minimum absolute atomic E-state index is 0.108. The van der Waals surface area contributed by atoms with Crippen LogP contribution in [0.25, 0.3) is 76.8 Å². The quantitative estimate of drug-likeness (QED) is 0.188. The van der Waals surface area contributed by atoms with E-state index in [9.17, 15) is 0 Å². The van der Waals surface area contributed by atoms with Crippen molar-refractivity contribution in [3.63, 3.8) is 0 Å². The fraction of sp³-hybridized carbons (Fsp3) is 0.136. The molecule has 0 saturated carbocycles. The first-order valence-corrected chi connectivity index (χ1v) is 16.2. The summed E-state index contributed by atoms with van der Waals surface area (Å²) < 4.78 is 0. The monoisotopic (exact) mass is 588 g/mol. The van der Waals surface area contributed by atoms with E-state index in [1.807, 2.05) is 36.9 Å². The Morgan fingerprint density at radius 2 is 0.891 bits per heavy atom. The maximum absolute atomic E-state index is 4.38. The lowest BCUT2D eigenvalue weighted by Crippen LogP contribution is -2.15. The largest absolute Gasteiger partial charge is 0.264 e. The van der Waals surface area contributed by atoms with E-state index in [4.69, 9.17) is 0 Å². The highest BCUT2D eigenvalue weighted by Crippen LogP contribution is 2.57. The predicted octanol–water partition coefficient (Wildman–Crippen LogP) is 11.3. The van der Waals surface area contributed by atoms with Crippen LogP contribution in [-0.2, 0) is 10.8 Å². The van der Waals surface area contributed by atoms with Crippen molar-refractivity contribution in [1.29, 1.82) is 0 Å². The summed E-state index contributed by atoms with van der Waals surface area (Å²) in [6.45, 7) is 9.53. The number of fused-ring (bicyclic) bond motifs is 8. The predicted molar refractivity (Wildman–Crippen MR) is 192 cm³/mol. The van der Waals surface area contributed by atoms with Crippen LogP contribution in [0.15, 0.2) is 122 Å². The molecule has 0 radical (unpaired) electrons. The lowest BCUT2D eigenvalue weighted by Gasteiger charge is -2.24. The van der Waals surface area contributed by atoms with Gasteiger partial charge in [-0.3, -0.25) is 9.97 Å². The number of hydrogen-bond donors (Lipinski definition) is 0. The summed E-state index contributed by atoms with van der Waals surface area (Å²) in [5.41, 5.74) is 15.6. The van der Waals surface area contributed by atoms with Gasteiger partial charge in [0.25, 0.3) is 0 Å². The molecule has 0 unspecified atom stereocenters. The summed E-state index contributed by atoms with van der Waals surface area (Å²) in [7, 11) is 0. The van der Waals surface area contributed by atoms with E-state index in [1.54, 1.807) is 0 Å². The van der Waals surface area contributed by atoms with E-state index in [1.165, 1.54) is 88.0 Å². The summed E-state index contributed by atoms with van der Waals surface area (Å²) in [5, 5.41) is 8.13. The van der Waals surface area contributed by atoms with Crippen molar-refractivity contribution in [2.45, 2.75) is 38.5 Å². The molecule has 2 nitrogen and oxygen atoms in total. The molecule has 2 aliphatic rings. The fourth-order valence-corrected chi connectivity index (χ4v) is 8.79. The summed E-state index contributed by atoms with van der Waals surface area (Å²) in [5.74, 6) is 0. The molecule has 6 aromatic carbocycles. The SMILES string of the molecule is CC1(C)c2cc(-c3cccnc3)ccc2-c2c1cc1ccc3c4c(cc5ccc2c1c53)C(C)(C)c1cc(-c2cccnc2)ccc1-4. The van der Waals surface area contributed by atoms with Crippen LogP contribution in [0.2, 0.25) is 0 Å². The maximum Gasteiger partial charge on any atom is 0.0346 e. The minimum atomic E-state index is -0.108. The molecule has 0 saturated heterocycles. The second-order valence-electron chi connectivity index (χ2n) is 14.3. The van der Waals surface area contributed by atoms with Gasteiger partial charge in [-0.2, -0.15) is 0 Å². The Balaban J connectivity index is 1.24.